The SMILES string of the molecule is COCCONC(=O)c1cccs1. The lowest BCUT2D eigenvalue weighted by Gasteiger charge is -2.02. The van der Waals surface area contributed by atoms with Gasteiger partial charge in [0.05, 0.1) is 18.1 Å². The van der Waals surface area contributed by atoms with Gasteiger partial charge in [0.1, 0.15) is 0 Å². The van der Waals surface area contributed by atoms with Gasteiger partial charge in [0.25, 0.3) is 5.91 Å². The molecular weight excluding hydrogens is 190 g/mol. The van der Waals surface area contributed by atoms with Crippen molar-refractivity contribution in [3.05, 3.63) is 22.4 Å². The van der Waals surface area contributed by atoms with Gasteiger partial charge in [-0.15, -0.1) is 11.3 Å². The van der Waals surface area contributed by atoms with E-state index in [0.717, 1.165) is 0 Å². The second-order valence-electron chi connectivity index (χ2n) is 2.25. The molecule has 0 spiro atoms. The molecule has 4 nitrogen and oxygen atoms in total. The monoisotopic (exact) mass is 201 g/mol. The van der Waals surface area contributed by atoms with E-state index < -0.39 is 0 Å². The molecule has 0 fully saturated rings. The Morgan fingerprint density at radius 3 is 3.08 bits per heavy atom. The van der Waals surface area contributed by atoms with Crippen molar-refractivity contribution in [3.8, 4) is 0 Å². The van der Waals surface area contributed by atoms with Crippen molar-refractivity contribution in [2.45, 2.75) is 0 Å². The molecule has 0 unspecified atom stereocenters. The molecule has 0 aliphatic carbocycles. The second kappa shape index (κ2) is 5.69. The maximum Gasteiger partial charge on any atom is 0.284 e. The van der Waals surface area contributed by atoms with Gasteiger partial charge in [-0.2, -0.15) is 0 Å². The Balaban J connectivity index is 2.19. The van der Waals surface area contributed by atoms with Crippen molar-refractivity contribution >= 4 is 17.2 Å². The number of carbonyl (C=O) groups excluding carboxylic acids is 1. The molecule has 72 valence electrons. The van der Waals surface area contributed by atoms with Gasteiger partial charge in [-0.1, -0.05) is 6.07 Å². The molecular formula is C8H11NO3S. The van der Waals surface area contributed by atoms with Gasteiger partial charge in [0.15, 0.2) is 0 Å². The summed E-state index contributed by atoms with van der Waals surface area (Å²) in [5, 5.41) is 1.84. The van der Waals surface area contributed by atoms with Crippen LogP contribution in [0.4, 0.5) is 0 Å². The predicted molar refractivity (Wildman–Crippen MR) is 49.6 cm³/mol. The van der Waals surface area contributed by atoms with Crippen LogP contribution in [0.2, 0.25) is 0 Å². The second-order valence-corrected chi connectivity index (χ2v) is 3.20. The number of ether oxygens (including phenoxy) is 1. The summed E-state index contributed by atoms with van der Waals surface area (Å²) in [7, 11) is 1.57. The number of thiophene rings is 1. The van der Waals surface area contributed by atoms with Crippen LogP contribution in [-0.4, -0.2) is 26.2 Å². The van der Waals surface area contributed by atoms with Crippen molar-refractivity contribution in [2.24, 2.45) is 0 Å². The molecule has 1 rings (SSSR count). The fraction of sp³-hybridized carbons (Fsp3) is 0.375. The van der Waals surface area contributed by atoms with E-state index in [0.29, 0.717) is 18.1 Å². The van der Waals surface area contributed by atoms with Gasteiger partial charge < -0.3 is 4.74 Å². The molecule has 1 aromatic heterocycles. The third kappa shape index (κ3) is 3.54. The van der Waals surface area contributed by atoms with Crippen LogP contribution in [0, 0.1) is 0 Å². The molecule has 5 heteroatoms. The van der Waals surface area contributed by atoms with Crippen molar-refractivity contribution < 1.29 is 14.4 Å². The first kappa shape index (κ1) is 10.2. The van der Waals surface area contributed by atoms with E-state index in [4.69, 9.17) is 9.57 Å². The van der Waals surface area contributed by atoms with Crippen LogP contribution in [0.15, 0.2) is 17.5 Å². The lowest BCUT2D eigenvalue weighted by Crippen LogP contribution is -2.24. The van der Waals surface area contributed by atoms with Crippen molar-refractivity contribution in [1.29, 1.82) is 0 Å². The Morgan fingerprint density at radius 1 is 1.62 bits per heavy atom. The predicted octanol–water partition coefficient (Wildman–Crippen LogP) is 1.06. The van der Waals surface area contributed by atoms with Gasteiger partial charge >= 0.3 is 0 Å². The summed E-state index contributed by atoms with van der Waals surface area (Å²) in [6, 6.07) is 3.55. The van der Waals surface area contributed by atoms with Crippen molar-refractivity contribution in [2.75, 3.05) is 20.3 Å². The molecule has 0 saturated carbocycles. The summed E-state index contributed by atoms with van der Waals surface area (Å²) in [6.45, 7) is 0.818. The standard InChI is InChI=1S/C8H11NO3S/c1-11-4-5-12-9-8(10)7-3-2-6-13-7/h2-3,6H,4-5H2,1H3,(H,9,10). The highest BCUT2D eigenvalue weighted by molar-refractivity contribution is 7.12. The topological polar surface area (TPSA) is 47.6 Å². The van der Waals surface area contributed by atoms with Crippen LogP contribution in [0.3, 0.4) is 0 Å². The molecule has 0 aromatic carbocycles. The van der Waals surface area contributed by atoms with Gasteiger partial charge in [-0.3, -0.25) is 9.63 Å². The number of hydrogen-bond acceptors (Lipinski definition) is 4. The molecule has 0 radical (unpaired) electrons. The summed E-state index contributed by atoms with van der Waals surface area (Å²) in [4.78, 5) is 16.7. The third-order valence-corrected chi connectivity index (χ3v) is 2.17. The normalized spacial score (nSPS) is 9.92. The van der Waals surface area contributed by atoms with Gasteiger partial charge in [-0.25, -0.2) is 5.48 Å². The van der Waals surface area contributed by atoms with Crippen LogP contribution in [0.5, 0.6) is 0 Å². The van der Waals surface area contributed by atoms with Crippen LogP contribution >= 0.6 is 11.3 Å². The molecule has 0 bridgehead atoms. The number of carbonyl (C=O) groups is 1. The number of rotatable bonds is 5. The lowest BCUT2D eigenvalue weighted by molar-refractivity contribution is 0.00915. The number of amides is 1. The zero-order valence-electron chi connectivity index (χ0n) is 7.28. The fourth-order valence-corrected chi connectivity index (χ4v) is 1.31. The van der Waals surface area contributed by atoms with E-state index in [1.807, 2.05) is 11.4 Å². The lowest BCUT2D eigenvalue weighted by atomic mass is 10.5. The van der Waals surface area contributed by atoms with Crippen molar-refractivity contribution in [3.63, 3.8) is 0 Å². The smallest absolute Gasteiger partial charge is 0.284 e. The zero-order valence-corrected chi connectivity index (χ0v) is 8.10. The Bertz CT molecular complexity index is 248. The number of methoxy groups -OCH3 is 1. The summed E-state index contributed by atoms with van der Waals surface area (Å²) < 4.78 is 4.74. The van der Waals surface area contributed by atoms with Gasteiger partial charge in [0.2, 0.25) is 0 Å². The maximum atomic E-state index is 11.2. The highest BCUT2D eigenvalue weighted by Crippen LogP contribution is 2.07. The maximum absolute atomic E-state index is 11.2. The molecule has 1 amide bonds. The summed E-state index contributed by atoms with van der Waals surface area (Å²) in [6.07, 6.45) is 0. The molecule has 1 N–H and O–H groups in total. The van der Waals surface area contributed by atoms with Gasteiger partial charge in [-0.05, 0) is 11.4 Å². The minimum absolute atomic E-state index is 0.217. The van der Waals surface area contributed by atoms with Crippen LogP contribution < -0.4 is 5.48 Å². The largest absolute Gasteiger partial charge is 0.382 e. The van der Waals surface area contributed by atoms with E-state index in [9.17, 15) is 4.79 Å². The summed E-state index contributed by atoms with van der Waals surface area (Å²) in [5.74, 6) is -0.217. The first-order valence-corrected chi connectivity index (χ1v) is 4.67. The highest BCUT2D eigenvalue weighted by atomic mass is 32.1. The minimum Gasteiger partial charge on any atom is -0.382 e. The summed E-state index contributed by atoms with van der Waals surface area (Å²) in [5.41, 5.74) is 2.31. The van der Waals surface area contributed by atoms with Crippen LogP contribution in [0.25, 0.3) is 0 Å². The highest BCUT2D eigenvalue weighted by Gasteiger charge is 2.04. The van der Waals surface area contributed by atoms with Crippen LogP contribution in [0.1, 0.15) is 9.67 Å². The zero-order chi connectivity index (χ0) is 9.52. The molecule has 0 aliphatic heterocycles. The third-order valence-electron chi connectivity index (χ3n) is 1.30. The number of hydroxylamine groups is 1. The van der Waals surface area contributed by atoms with E-state index in [-0.39, 0.29) is 5.91 Å². The van der Waals surface area contributed by atoms with E-state index in [1.54, 1.807) is 13.2 Å². The summed E-state index contributed by atoms with van der Waals surface area (Å²) >= 11 is 1.37. The van der Waals surface area contributed by atoms with E-state index in [1.165, 1.54) is 11.3 Å². The van der Waals surface area contributed by atoms with E-state index in [2.05, 4.69) is 5.48 Å². The van der Waals surface area contributed by atoms with Crippen molar-refractivity contribution in [1.82, 2.24) is 5.48 Å². The number of nitrogens with one attached hydrogen (secondary N) is 1. The van der Waals surface area contributed by atoms with E-state index >= 15 is 0 Å². The molecule has 13 heavy (non-hydrogen) atoms. The minimum atomic E-state index is -0.217. The fourth-order valence-electron chi connectivity index (χ4n) is 0.700. The van der Waals surface area contributed by atoms with Gasteiger partial charge in [0, 0.05) is 7.11 Å². The Labute approximate surface area is 80.4 Å². The average molecular weight is 201 g/mol. The molecule has 0 saturated heterocycles. The first-order chi connectivity index (χ1) is 6.34. The first-order valence-electron chi connectivity index (χ1n) is 3.79. The molecule has 1 heterocycles. The number of hydrogen-bond donors (Lipinski definition) is 1. The van der Waals surface area contributed by atoms with Crippen LogP contribution in [-0.2, 0) is 9.57 Å². The molecule has 0 aliphatic rings. The quantitative estimate of drug-likeness (QED) is 0.572. The molecule has 1 aromatic rings. The Morgan fingerprint density at radius 2 is 2.46 bits per heavy atom. The average Bonchev–Trinajstić information content (AvgIpc) is 2.65. The molecule has 0 atom stereocenters. The Kier molecular flexibility index (Phi) is 4.45. The Hall–Kier alpha value is -0.910.